The summed E-state index contributed by atoms with van der Waals surface area (Å²) in [6.07, 6.45) is 0. The predicted molar refractivity (Wildman–Crippen MR) is 25.3 cm³/mol. The Kier molecular flexibility index (Phi) is 1.42. The number of hydrogen-bond acceptors (Lipinski definition) is 3. The molecule has 4 heteroatoms. The van der Waals surface area contributed by atoms with Gasteiger partial charge in [-0.15, -0.1) is 0 Å². The van der Waals surface area contributed by atoms with Crippen molar-refractivity contribution in [3.8, 4) is 0 Å². The van der Waals surface area contributed by atoms with E-state index in [2.05, 4.69) is 9.59 Å². The predicted octanol–water partition coefficient (Wildman–Crippen LogP) is -0.668. The summed E-state index contributed by atoms with van der Waals surface area (Å²) in [5, 5.41) is 5.67. The van der Waals surface area contributed by atoms with Gasteiger partial charge in [0, 0.05) is 0 Å². The summed E-state index contributed by atoms with van der Waals surface area (Å²) in [7, 11) is 0. The number of aromatic nitrogens is 2. The summed E-state index contributed by atoms with van der Waals surface area (Å²) in [5.74, 6) is 0. The van der Waals surface area contributed by atoms with Crippen molar-refractivity contribution >= 4 is 37.8 Å². The fourth-order valence-corrected chi connectivity index (χ4v) is 1.29. The second-order valence-electron chi connectivity index (χ2n) is 0.790. The van der Waals surface area contributed by atoms with Crippen molar-refractivity contribution in [1.82, 2.24) is 9.59 Å². The van der Waals surface area contributed by atoms with Crippen molar-refractivity contribution in [2.24, 2.45) is 0 Å². The van der Waals surface area contributed by atoms with Crippen LogP contribution in [0.3, 0.4) is 0 Å². The Labute approximate surface area is 52.8 Å². The molecule has 0 atom stereocenters. The molecule has 0 aromatic carbocycles. The second-order valence-corrected chi connectivity index (χ2v) is 2.86. The van der Waals surface area contributed by atoms with Gasteiger partial charge in [-0.25, -0.2) is 0 Å². The first kappa shape index (κ1) is 4.52. The molecule has 0 saturated carbocycles. The molecule has 2 nitrogen and oxygen atoms in total. The summed E-state index contributed by atoms with van der Waals surface area (Å²) in [4.78, 5) is 0. The van der Waals surface area contributed by atoms with Crippen molar-refractivity contribution in [3.05, 3.63) is 5.38 Å². The zero-order valence-corrected chi connectivity index (χ0v) is 6.55. The topological polar surface area (TPSA) is 25.8 Å². The summed E-state index contributed by atoms with van der Waals surface area (Å²) >= 11 is 2.75. The van der Waals surface area contributed by atoms with Crippen LogP contribution in [0.4, 0.5) is 0 Å². The third-order valence-electron chi connectivity index (χ3n) is 0.360. The Morgan fingerprint density at radius 1 is 1.83 bits per heavy atom. The van der Waals surface area contributed by atoms with E-state index in [9.17, 15) is 0 Å². The molecule has 3 radical (unpaired) electrons. The Hall–Kier alpha value is 0.359. The first-order valence-electron chi connectivity index (χ1n) is 1.38. The minimum absolute atomic E-state index is 1.09. The molecule has 0 aliphatic heterocycles. The summed E-state index contributed by atoms with van der Waals surface area (Å²) in [6, 6.07) is 0. The van der Waals surface area contributed by atoms with Gasteiger partial charge in [-0.2, -0.15) is 0 Å². The first-order valence-corrected chi connectivity index (χ1v) is 3.64. The van der Waals surface area contributed by atoms with Crippen molar-refractivity contribution in [2.75, 3.05) is 0 Å². The van der Waals surface area contributed by atoms with Gasteiger partial charge in [0.2, 0.25) is 0 Å². The average Bonchev–Trinajstić information content (AvgIpc) is 1.86. The standard InChI is InChI=1S/C2HN2S.Sn/c1-2-5-4-3-1;/h2H;. The van der Waals surface area contributed by atoms with Crippen LogP contribution in [0, 0.1) is 0 Å². The molecular formula is C2HN2SSn. The molecule has 0 aliphatic rings. The Morgan fingerprint density at radius 2 is 2.67 bits per heavy atom. The van der Waals surface area contributed by atoms with Gasteiger partial charge in [0.15, 0.2) is 0 Å². The van der Waals surface area contributed by atoms with Crippen LogP contribution in [0.1, 0.15) is 0 Å². The molecule has 0 fully saturated rings. The molecule has 0 amide bonds. The normalized spacial score (nSPS) is 8.83. The quantitative estimate of drug-likeness (QED) is 0.523. The van der Waals surface area contributed by atoms with Crippen LogP contribution in [0.5, 0.6) is 0 Å². The van der Waals surface area contributed by atoms with Gasteiger partial charge < -0.3 is 0 Å². The van der Waals surface area contributed by atoms with Gasteiger partial charge >= 0.3 is 52.7 Å². The molecule has 0 saturated heterocycles. The van der Waals surface area contributed by atoms with Crippen LogP contribution >= 0.6 is 11.5 Å². The molecule has 29 valence electrons. The van der Waals surface area contributed by atoms with Crippen LogP contribution in [-0.2, 0) is 0 Å². The molecule has 0 N–H and O–H groups in total. The molecule has 1 rings (SSSR count). The summed E-state index contributed by atoms with van der Waals surface area (Å²) < 4.78 is 4.73. The van der Waals surface area contributed by atoms with Gasteiger partial charge in [-0.1, -0.05) is 0 Å². The van der Waals surface area contributed by atoms with E-state index in [0.717, 1.165) is 3.71 Å². The second kappa shape index (κ2) is 1.88. The van der Waals surface area contributed by atoms with Crippen LogP contribution in [0.15, 0.2) is 5.38 Å². The zero-order valence-electron chi connectivity index (χ0n) is 2.88. The van der Waals surface area contributed by atoms with E-state index in [-0.39, 0.29) is 0 Å². The van der Waals surface area contributed by atoms with E-state index in [1.807, 2.05) is 5.38 Å². The van der Waals surface area contributed by atoms with E-state index < -0.39 is 0 Å². The molecule has 0 unspecified atom stereocenters. The minimum atomic E-state index is 1.09. The zero-order chi connectivity index (χ0) is 4.41. The maximum atomic E-state index is 3.73. The SMILES string of the molecule is [Sn][c]1csnn1. The van der Waals surface area contributed by atoms with E-state index in [1.54, 1.807) is 0 Å². The van der Waals surface area contributed by atoms with Gasteiger partial charge in [-0.05, 0) is 0 Å². The van der Waals surface area contributed by atoms with Crippen LogP contribution in [-0.4, -0.2) is 32.1 Å². The first-order chi connectivity index (χ1) is 2.89. The Bertz CT molecular complexity index is 115. The Morgan fingerprint density at radius 3 is 2.83 bits per heavy atom. The Balaban J connectivity index is 3.05. The van der Waals surface area contributed by atoms with Gasteiger partial charge in [-0.3, -0.25) is 0 Å². The van der Waals surface area contributed by atoms with Gasteiger partial charge in [0.05, 0.1) is 0 Å². The molecule has 0 aliphatic carbocycles. The third kappa shape index (κ3) is 0.908. The fraction of sp³-hybridized carbons (Fsp3) is 0. The van der Waals surface area contributed by atoms with Crippen molar-refractivity contribution in [1.29, 1.82) is 0 Å². The third-order valence-corrected chi connectivity index (χ3v) is 2.16. The molecule has 1 heterocycles. The fourth-order valence-electron chi connectivity index (χ4n) is 0.165. The van der Waals surface area contributed by atoms with Gasteiger partial charge in [0.1, 0.15) is 0 Å². The van der Waals surface area contributed by atoms with Crippen LogP contribution < -0.4 is 3.71 Å². The molecular weight excluding hydrogens is 203 g/mol. The molecule has 6 heavy (non-hydrogen) atoms. The van der Waals surface area contributed by atoms with E-state index >= 15 is 0 Å². The van der Waals surface area contributed by atoms with E-state index in [1.165, 1.54) is 34.1 Å². The molecule has 1 aromatic rings. The van der Waals surface area contributed by atoms with Gasteiger partial charge in [0.25, 0.3) is 0 Å². The van der Waals surface area contributed by atoms with E-state index in [0.29, 0.717) is 0 Å². The van der Waals surface area contributed by atoms with Crippen molar-refractivity contribution in [3.63, 3.8) is 0 Å². The number of nitrogens with zero attached hydrogens (tertiary/aromatic N) is 2. The van der Waals surface area contributed by atoms with Crippen LogP contribution in [0.25, 0.3) is 0 Å². The van der Waals surface area contributed by atoms with Crippen molar-refractivity contribution < 1.29 is 0 Å². The molecule has 0 spiro atoms. The molecule has 1 aromatic heterocycles. The summed E-state index contributed by atoms with van der Waals surface area (Å²) in [6.45, 7) is 0. The van der Waals surface area contributed by atoms with Crippen molar-refractivity contribution in [2.45, 2.75) is 0 Å². The van der Waals surface area contributed by atoms with E-state index in [4.69, 9.17) is 0 Å². The maximum absolute atomic E-state index is 3.73. The molecule has 0 bridgehead atoms. The number of hydrogen-bond donors (Lipinski definition) is 0. The van der Waals surface area contributed by atoms with Crippen LogP contribution in [0.2, 0.25) is 0 Å². The monoisotopic (exact) mass is 205 g/mol. The number of rotatable bonds is 0. The summed E-state index contributed by atoms with van der Waals surface area (Å²) in [5.41, 5.74) is 0. The average molecular weight is 204 g/mol.